The number of benzene rings is 2. The Morgan fingerprint density at radius 1 is 1.10 bits per heavy atom. The fourth-order valence-corrected chi connectivity index (χ4v) is 4.39. The van der Waals surface area contributed by atoms with Gasteiger partial charge in [0.05, 0.1) is 28.3 Å². The maximum Gasteiger partial charge on any atom is 0.259 e. The summed E-state index contributed by atoms with van der Waals surface area (Å²) in [5.74, 6) is -0.0651. The second-order valence-electron chi connectivity index (χ2n) is 6.85. The lowest BCUT2D eigenvalue weighted by molar-refractivity contribution is 0.102. The molecule has 0 saturated heterocycles. The van der Waals surface area contributed by atoms with Crippen molar-refractivity contribution in [2.75, 3.05) is 12.4 Å². The number of sulfonamides is 1. The molecule has 3 rings (SSSR count). The molecule has 7 nitrogen and oxygen atoms in total. The van der Waals surface area contributed by atoms with Crippen molar-refractivity contribution in [3.63, 3.8) is 0 Å². The summed E-state index contributed by atoms with van der Waals surface area (Å²) in [4.78, 5) is 12.9. The van der Waals surface area contributed by atoms with Crippen LogP contribution in [0.4, 0.5) is 5.69 Å². The zero-order valence-electron chi connectivity index (χ0n) is 16.7. The van der Waals surface area contributed by atoms with E-state index >= 15 is 0 Å². The minimum atomic E-state index is -3.60. The van der Waals surface area contributed by atoms with E-state index in [0.717, 1.165) is 0 Å². The van der Waals surface area contributed by atoms with Crippen molar-refractivity contribution >= 4 is 33.2 Å². The van der Waals surface area contributed by atoms with E-state index in [4.69, 9.17) is 16.3 Å². The number of hydrogen-bond donors (Lipinski definition) is 2. The lowest BCUT2D eigenvalue weighted by atomic mass is 10.1. The average Bonchev–Trinajstić information content (AvgIpc) is 3.21. The summed E-state index contributed by atoms with van der Waals surface area (Å²) in [7, 11) is -2.13. The molecule has 2 N–H and O–H groups in total. The van der Waals surface area contributed by atoms with Gasteiger partial charge in [-0.1, -0.05) is 11.6 Å². The number of rotatable bonds is 7. The summed E-state index contributed by atoms with van der Waals surface area (Å²) >= 11 is 6.38. The van der Waals surface area contributed by atoms with Gasteiger partial charge in [0.1, 0.15) is 5.75 Å². The van der Waals surface area contributed by atoms with Gasteiger partial charge >= 0.3 is 0 Å². The first kappa shape index (κ1) is 21.9. The monoisotopic (exact) mass is 447 g/mol. The molecule has 1 heterocycles. The Kier molecular flexibility index (Phi) is 6.50. The van der Waals surface area contributed by atoms with E-state index in [9.17, 15) is 13.2 Å². The van der Waals surface area contributed by atoms with Gasteiger partial charge < -0.3 is 14.6 Å². The van der Waals surface area contributed by atoms with Crippen LogP contribution in [0.5, 0.6) is 5.75 Å². The largest absolute Gasteiger partial charge is 0.496 e. The summed E-state index contributed by atoms with van der Waals surface area (Å²) in [5.41, 5.74) is 1.38. The zero-order valence-corrected chi connectivity index (χ0v) is 18.3. The van der Waals surface area contributed by atoms with Gasteiger partial charge in [-0.15, -0.1) is 0 Å². The van der Waals surface area contributed by atoms with Crippen molar-refractivity contribution < 1.29 is 17.9 Å². The number of aromatic nitrogens is 1. The highest BCUT2D eigenvalue weighted by molar-refractivity contribution is 7.89. The Bertz CT molecular complexity index is 1140. The number of nitrogens with one attached hydrogen (secondary N) is 2. The van der Waals surface area contributed by atoms with E-state index in [1.807, 2.05) is 29.1 Å². The summed E-state index contributed by atoms with van der Waals surface area (Å²) in [5, 5.41) is 3.12. The third-order valence-corrected chi connectivity index (χ3v) is 6.19. The molecule has 30 heavy (non-hydrogen) atoms. The van der Waals surface area contributed by atoms with Crippen LogP contribution in [-0.4, -0.2) is 32.0 Å². The van der Waals surface area contributed by atoms with Crippen molar-refractivity contribution in [3.05, 3.63) is 71.5 Å². The normalized spacial score (nSPS) is 11.5. The zero-order chi connectivity index (χ0) is 21.9. The lowest BCUT2D eigenvalue weighted by Crippen LogP contribution is -2.30. The molecule has 0 spiro atoms. The van der Waals surface area contributed by atoms with Crippen LogP contribution < -0.4 is 14.8 Å². The van der Waals surface area contributed by atoms with Gasteiger partial charge in [0.15, 0.2) is 0 Å². The van der Waals surface area contributed by atoms with Crippen molar-refractivity contribution in [2.45, 2.75) is 24.8 Å². The molecule has 0 atom stereocenters. The number of carbonyl (C=O) groups excluding carboxylic acids is 1. The fraction of sp³-hybridized carbons (Fsp3) is 0.190. The molecule has 0 saturated carbocycles. The standard InChI is InChI=1S/C21H22ClN3O4S/c1-14(2)24-30(27,28)16-8-6-15(7-9-16)23-21(26)17-12-18(22)19(13-20(17)29-3)25-10-4-5-11-25/h4-14,24H,1-3H3,(H,23,26). The molecule has 158 valence electrons. The number of hydrogen-bond acceptors (Lipinski definition) is 4. The van der Waals surface area contributed by atoms with Gasteiger partial charge in [-0.2, -0.15) is 0 Å². The minimum Gasteiger partial charge on any atom is -0.496 e. The Morgan fingerprint density at radius 2 is 1.73 bits per heavy atom. The van der Waals surface area contributed by atoms with Crippen LogP contribution in [0.2, 0.25) is 5.02 Å². The van der Waals surface area contributed by atoms with E-state index in [1.165, 1.54) is 37.4 Å². The smallest absolute Gasteiger partial charge is 0.259 e. The minimum absolute atomic E-state index is 0.117. The van der Waals surface area contributed by atoms with Crippen molar-refractivity contribution in [1.29, 1.82) is 0 Å². The van der Waals surface area contributed by atoms with E-state index in [1.54, 1.807) is 19.9 Å². The van der Waals surface area contributed by atoms with E-state index in [-0.39, 0.29) is 16.5 Å². The molecule has 0 bridgehead atoms. The van der Waals surface area contributed by atoms with Gasteiger partial charge in [-0.05, 0) is 56.3 Å². The summed E-state index contributed by atoms with van der Waals surface area (Å²) in [6.07, 6.45) is 3.67. The average molecular weight is 448 g/mol. The first-order valence-corrected chi connectivity index (χ1v) is 11.0. The maximum absolute atomic E-state index is 12.8. The first-order valence-electron chi connectivity index (χ1n) is 9.16. The van der Waals surface area contributed by atoms with Crippen LogP contribution in [-0.2, 0) is 10.0 Å². The lowest BCUT2D eigenvalue weighted by Gasteiger charge is -2.14. The number of nitrogens with zero attached hydrogens (tertiary/aromatic N) is 1. The van der Waals surface area contributed by atoms with Gasteiger partial charge in [0, 0.05) is 30.2 Å². The second-order valence-corrected chi connectivity index (χ2v) is 8.97. The number of anilines is 1. The third kappa shape index (κ3) is 4.84. The van der Waals surface area contributed by atoms with Gasteiger partial charge in [-0.3, -0.25) is 4.79 Å². The number of amides is 1. The molecule has 0 aliphatic carbocycles. The first-order chi connectivity index (χ1) is 14.2. The molecule has 0 fully saturated rings. The van der Waals surface area contributed by atoms with Crippen LogP contribution in [0.15, 0.2) is 65.8 Å². The Labute approximate surface area is 180 Å². The molecule has 0 unspecified atom stereocenters. The predicted octanol–water partition coefficient (Wildman–Crippen LogP) is 4.08. The van der Waals surface area contributed by atoms with Gasteiger partial charge in [0.2, 0.25) is 10.0 Å². The summed E-state index contributed by atoms with van der Waals surface area (Å²) in [6, 6.07) is 12.6. The quantitative estimate of drug-likeness (QED) is 0.571. The van der Waals surface area contributed by atoms with E-state index in [0.29, 0.717) is 22.1 Å². The van der Waals surface area contributed by atoms with Crippen LogP contribution in [0.25, 0.3) is 5.69 Å². The molecular formula is C21H22ClN3O4S. The Hall–Kier alpha value is -2.81. The number of carbonyl (C=O) groups is 1. The summed E-state index contributed by atoms with van der Waals surface area (Å²) in [6.45, 7) is 3.48. The van der Waals surface area contributed by atoms with E-state index < -0.39 is 15.9 Å². The van der Waals surface area contributed by atoms with Gasteiger partial charge in [-0.25, -0.2) is 13.1 Å². The van der Waals surface area contributed by atoms with Crippen molar-refractivity contribution in [3.8, 4) is 11.4 Å². The van der Waals surface area contributed by atoms with Crippen LogP contribution in [0, 0.1) is 0 Å². The second kappa shape index (κ2) is 8.91. The van der Waals surface area contributed by atoms with Crippen LogP contribution in [0.1, 0.15) is 24.2 Å². The highest BCUT2D eigenvalue weighted by Gasteiger charge is 2.18. The van der Waals surface area contributed by atoms with Crippen molar-refractivity contribution in [2.24, 2.45) is 0 Å². The molecular weight excluding hydrogens is 426 g/mol. The fourth-order valence-electron chi connectivity index (χ4n) is 2.88. The Morgan fingerprint density at radius 3 is 2.30 bits per heavy atom. The third-order valence-electron chi connectivity index (χ3n) is 4.21. The van der Waals surface area contributed by atoms with Crippen LogP contribution in [0.3, 0.4) is 0 Å². The predicted molar refractivity (Wildman–Crippen MR) is 117 cm³/mol. The molecule has 1 amide bonds. The highest BCUT2D eigenvalue weighted by Crippen LogP contribution is 2.30. The molecule has 0 aliphatic rings. The van der Waals surface area contributed by atoms with E-state index in [2.05, 4.69) is 10.0 Å². The maximum atomic E-state index is 12.8. The highest BCUT2D eigenvalue weighted by atomic mass is 35.5. The SMILES string of the molecule is COc1cc(-n2cccc2)c(Cl)cc1C(=O)Nc1ccc(S(=O)(=O)NC(C)C)cc1. The topological polar surface area (TPSA) is 89.4 Å². The molecule has 1 aromatic heterocycles. The summed E-state index contributed by atoms with van der Waals surface area (Å²) < 4.78 is 34.1. The number of ether oxygens (including phenoxy) is 1. The molecule has 9 heteroatoms. The molecule has 2 aromatic carbocycles. The molecule has 0 aliphatic heterocycles. The molecule has 0 radical (unpaired) electrons. The van der Waals surface area contributed by atoms with Gasteiger partial charge in [0.25, 0.3) is 5.91 Å². The van der Waals surface area contributed by atoms with Crippen LogP contribution >= 0.6 is 11.6 Å². The van der Waals surface area contributed by atoms with Crippen molar-refractivity contribution in [1.82, 2.24) is 9.29 Å². The molecule has 3 aromatic rings. The Balaban J connectivity index is 1.83. The number of methoxy groups -OCH3 is 1. The number of halogens is 1.